The summed E-state index contributed by atoms with van der Waals surface area (Å²) < 4.78 is 6.15. The molecule has 0 unspecified atom stereocenters. The Labute approximate surface area is 223 Å². The van der Waals surface area contributed by atoms with E-state index in [2.05, 4.69) is 30.1 Å². The van der Waals surface area contributed by atoms with Gasteiger partial charge in [-0.1, -0.05) is 48.2 Å². The number of carboxylic acids is 1. The molecule has 1 saturated heterocycles. The summed E-state index contributed by atoms with van der Waals surface area (Å²) in [5, 5.41) is 10.2. The van der Waals surface area contributed by atoms with Gasteiger partial charge in [0.2, 0.25) is 0 Å². The van der Waals surface area contributed by atoms with Gasteiger partial charge in [-0.2, -0.15) is 0 Å². The fourth-order valence-electron chi connectivity index (χ4n) is 4.37. The van der Waals surface area contributed by atoms with Gasteiger partial charge in [0.1, 0.15) is 10.1 Å². The number of nitrogens with zero attached hydrogens (tertiary/aromatic N) is 1. The minimum absolute atomic E-state index is 0.126. The van der Waals surface area contributed by atoms with Crippen molar-refractivity contribution < 1.29 is 19.4 Å². The summed E-state index contributed by atoms with van der Waals surface area (Å²) in [5.74, 6) is -0.333. The second-order valence-corrected chi connectivity index (χ2v) is 10.5. The largest absolute Gasteiger partial charge is 0.496 e. The third kappa shape index (κ3) is 5.03. The molecule has 0 aliphatic carbocycles. The molecule has 0 saturated carbocycles. The van der Waals surface area contributed by atoms with Gasteiger partial charge in [-0.25, -0.2) is 4.79 Å². The van der Waals surface area contributed by atoms with E-state index in [1.165, 1.54) is 17.3 Å². The van der Waals surface area contributed by atoms with Crippen LogP contribution in [0.25, 0.3) is 28.1 Å². The highest BCUT2D eigenvalue weighted by atomic mass is 32.2. The number of aromatic carboxylic acids is 1. The lowest BCUT2D eigenvalue weighted by atomic mass is 9.99. The number of rotatable bonds is 7. The van der Waals surface area contributed by atoms with E-state index in [1.54, 1.807) is 36.3 Å². The first-order valence-corrected chi connectivity index (χ1v) is 12.9. The first-order valence-electron chi connectivity index (χ1n) is 11.7. The number of amides is 1. The van der Waals surface area contributed by atoms with Crippen molar-refractivity contribution in [2.45, 2.75) is 13.3 Å². The van der Waals surface area contributed by atoms with Gasteiger partial charge in [-0.3, -0.25) is 9.69 Å². The number of ether oxygens (including phenoxy) is 1. The van der Waals surface area contributed by atoms with E-state index >= 15 is 0 Å². The molecular weight excluding hydrogens is 504 g/mol. The molecule has 1 aliphatic heterocycles. The molecule has 0 atom stereocenters. The van der Waals surface area contributed by atoms with Crippen LogP contribution in [-0.4, -0.2) is 44.8 Å². The lowest BCUT2D eigenvalue weighted by Gasteiger charge is -2.14. The SMILES string of the molecule is COc1ccc(/C=C2\SC(=S)N(CCc3ccc(C(=O)O)cc3)C2=O)cc1-c1ccc2[nH]cc(C)c2c1. The van der Waals surface area contributed by atoms with Crippen LogP contribution in [0, 0.1) is 6.92 Å². The summed E-state index contributed by atoms with van der Waals surface area (Å²) in [6, 6.07) is 18.8. The van der Waals surface area contributed by atoms with Gasteiger partial charge >= 0.3 is 5.97 Å². The Bertz CT molecular complexity index is 1570. The highest BCUT2D eigenvalue weighted by Crippen LogP contribution is 2.36. The lowest BCUT2D eigenvalue weighted by Crippen LogP contribution is -2.30. The first kappa shape index (κ1) is 24.8. The normalized spacial score (nSPS) is 14.6. The van der Waals surface area contributed by atoms with Crippen molar-refractivity contribution in [2.24, 2.45) is 0 Å². The maximum absolute atomic E-state index is 13.2. The number of thiocarbonyl (C=S) groups is 1. The number of aromatic nitrogens is 1. The molecule has 2 heterocycles. The highest BCUT2D eigenvalue weighted by molar-refractivity contribution is 8.26. The molecule has 8 heteroatoms. The summed E-state index contributed by atoms with van der Waals surface area (Å²) >= 11 is 6.79. The van der Waals surface area contributed by atoms with Crippen molar-refractivity contribution in [1.29, 1.82) is 0 Å². The Hall–Kier alpha value is -3.88. The average Bonchev–Trinajstić information content (AvgIpc) is 3.40. The number of carboxylic acid groups (broad SMARTS) is 1. The minimum Gasteiger partial charge on any atom is -0.496 e. The smallest absolute Gasteiger partial charge is 0.335 e. The fourth-order valence-corrected chi connectivity index (χ4v) is 5.68. The van der Waals surface area contributed by atoms with Crippen LogP contribution >= 0.6 is 24.0 Å². The molecule has 5 rings (SSSR count). The molecule has 6 nitrogen and oxygen atoms in total. The van der Waals surface area contributed by atoms with E-state index < -0.39 is 5.97 Å². The van der Waals surface area contributed by atoms with Crippen molar-refractivity contribution in [2.75, 3.05) is 13.7 Å². The number of thioether (sulfide) groups is 1. The molecule has 1 aliphatic rings. The second-order valence-electron chi connectivity index (χ2n) is 8.78. The number of methoxy groups -OCH3 is 1. The molecule has 2 N–H and O–H groups in total. The maximum atomic E-state index is 13.2. The molecule has 0 radical (unpaired) electrons. The summed E-state index contributed by atoms with van der Waals surface area (Å²) in [6.45, 7) is 2.50. The number of carbonyl (C=O) groups is 2. The average molecular weight is 529 g/mol. The molecule has 1 fully saturated rings. The fraction of sp³-hybridized carbons (Fsp3) is 0.138. The number of hydrogen-bond acceptors (Lipinski definition) is 5. The molecule has 0 spiro atoms. The summed E-state index contributed by atoms with van der Waals surface area (Å²) in [6.07, 6.45) is 4.44. The van der Waals surface area contributed by atoms with E-state index in [9.17, 15) is 9.59 Å². The lowest BCUT2D eigenvalue weighted by molar-refractivity contribution is -0.122. The molecule has 37 heavy (non-hydrogen) atoms. The Morgan fingerprint density at radius 1 is 1.14 bits per heavy atom. The second kappa shape index (κ2) is 10.2. The van der Waals surface area contributed by atoms with E-state index in [-0.39, 0.29) is 11.5 Å². The maximum Gasteiger partial charge on any atom is 0.335 e. The zero-order valence-electron chi connectivity index (χ0n) is 20.3. The number of benzene rings is 3. The molecule has 1 amide bonds. The van der Waals surface area contributed by atoms with Crippen LogP contribution in [0.4, 0.5) is 0 Å². The topological polar surface area (TPSA) is 82.6 Å². The van der Waals surface area contributed by atoms with Crippen molar-refractivity contribution >= 4 is 57.2 Å². The van der Waals surface area contributed by atoms with Gasteiger partial charge in [0.15, 0.2) is 0 Å². The molecule has 4 aromatic rings. The van der Waals surface area contributed by atoms with Gasteiger partial charge in [-0.15, -0.1) is 0 Å². The number of carbonyl (C=O) groups excluding carboxylic acids is 1. The van der Waals surface area contributed by atoms with E-state index in [0.717, 1.165) is 38.9 Å². The third-order valence-electron chi connectivity index (χ3n) is 6.42. The van der Waals surface area contributed by atoms with Crippen molar-refractivity contribution in [3.8, 4) is 16.9 Å². The number of hydrogen-bond donors (Lipinski definition) is 2. The van der Waals surface area contributed by atoms with Crippen LogP contribution in [0.3, 0.4) is 0 Å². The zero-order chi connectivity index (χ0) is 26.1. The predicted molar refractivity (Wildman–Crippen MR) is 152 cm³/mol. The Balaban J connectivity index is 1.37. The third-order valence-corrected chi connectivity index (χ3v) is 7.80. The van der Waals surface area contributed by atoms with Gasteiger partial charge in [0.05, 0.1) is 17.6 Å². The van der Waals surface area contributed by atoms with Crippen LogP contribution in [0.1, 0.15) is 27.0 Å². The Morgan fingerprint density at radius 2 is 1.92 bits per heavy atom. The summed E-state index contributed by atoms with van der Waals surface area (Å²) in [4.78, 5) is 29.7. The van der Waals surface area contributed by atoms with Gasteiger partial charge in [0, 0.05) is 29.2 Å². The van der Waals surface area contributed by atoms with Crippen LogP contribution in [-0.2, 0) is 11.2 Å². The Kier molecular flexibility index (Phi) is 6.86. The van der Waals surface area contributed by atoms with Crippen LogP contribution in [0.15, 0.2) is 71.8 Å². The van der Waals surface area contributed by atoms with Crippen molar-refractivity contribution in [1.82, 2.24) is 9.88 Å². The quantitative estimate of drug-likeness (QED) is 0.217. The summed E-state index contributed by atoms with van der Waals surface area (Å²) in [5.41, 5.74) is 6.29. The van der Waals surface area contributed by atoms with E-state index in [0.29, 0.717) is 22.2 Å². The predicted octanol–water partition coefficient (Wildman–Crippen LogP) is 6.29. The number of fused-ring (bicyclic) bond motifs is 1. The molecular formula is C29H24N2O4S2. The number of aromatic amines is 1. The van der Waals surface area contributed by atoms with Gasteiger partial charge in [0.25, 0.3) is 5.91 Å². The molecule has 0 bridgehead atoms. The highest BCUT2D eigenvalue weighted by Gasteiger charge is 2.31. The van der Waals surface area contributed by atoms with Crippen molar-refractivity contribution in [3.05, 3.63) is 94.0 Å². The van der Waals surface area contributed by atoms with E-state index in [1.807, 2.05) is 30.5 Å². The van der Waals surface area contributed by atoms with Crippen LogP contribution < -0.4 is 4.74 Å². The van der Waals surface area contributed by atoms with E-state index in [4.69, 9.17) is 22.1 Å². The number of nitrogens with one attached hydrogen (secondary N) is 1. The number of aryl methyl sites for hydroxylation is 1. The molecule has 186 valence electrons. The minimum atomic E-state index is -0.963. The standard InChI is InChI=1S/C29H24N2O4S2/c1-17-16-30-24-9-8-21(15-22(17)24)23-13-19(5-10-25(23)35-2)14-26-27(32)31(29(36)37-26)12-11-18-3-6-20(7-4-18)28(33)34/h3-10,13-16,30H,11-12H2,1-2H3,(H,33,34)/b26-14-. The van der Waals surface area contributed by atoms with Gasteiger partial charge in [-0.05, 0) is 78.1 Å². The Morgan fingerprint density at radius 3 is 2.65 bits per heavy atom. The van der Waals surface area contributed by atoms with Gasteiger partial charge < -0.3 is 14.8 Å². The van der Waals surface area contributed by atoms with Crippen molar-refractivity contribution in [3.63, 3.8) is 0 Å². The monoisotopic (exact) mass is 528 g/mol. The first-order chi connectivity index (χ1) is 17.8. The zero-order valence-corrected chi connectivity index (χ0v) is 21.9. The molecule has 1 aromatic heterocycles. The molecule has 3 aromatic carbocycles. The van der Waals surface area contributed by atoms with Crippen LogP contribution in [0.2, 0.25) is 0 Å². The summed E-state index contributed by atoms with van der Waals surface area (Å²) in [7, 11) is 1.65. The number of H-pyrrole nitrogens is 1. The van der Waals surface area contributed by atoms with Crippen LogP contribution in [0.5, 0.6) is 5.75 Å².